The van der Waals surface area contributed by atoms with E-state index in [1.54, 1.807) is 41.2 Å². The van der Waals surface area contributed by atoms with E-state index in [1.165, 1.54) is 14.0 Å². The van der Waals surface area contributed by atoms with Crippen molar-refractivity contribution in [3.8, 4) is 5.75 Å². The first-order valence-corrected chi connectivity index (χ1v) is 10.3. The first-order chi connectivity index (χ1) is 14.7. The van der Waals surface area contributed by atoms with Crippen LogP contribution in [0.5, 0.6) is 5.75 Å². The van der Waals surface area contributed by atoms with E-state index in [4.69, 9.17) is 9.47 Å². The fourth-order valence-corrected chi connectivity index (χ4v) is 3.14. The number of carbonyl (C=O) groups is 2. The van der Waals surface area contributed by atoms with Crippen molar-refractivity contribution in [1.29, 1.82) is 0 Å². The molecule has 3 aromatic rings. The summed E-state index contributed by atoms with van der Waals surface area (Å²) in [6, 6.07) is 8.83. The van der Waals surface area contributed by atoms with Crippen LogP contribution in [0.15, 0.2) is 36.5 Å². The second kappa shape index (κ2) is 9.16. The highest BCUT2D eigenvalue weighted by Gasteiger charge is 2.24. The Kier molecular flexibility index (Phi) is 6.58. The largest absolute Gasteiger partial charge is 0.495 e. The zero-order chi connectivity index (χ0) is 22.7. The Morgan fingerprint density at radius 1 is 1.10 bits per heavy atom. The highest BCUT2D eigenvalue weighted by Crippen LogP contribution is 2.26. The van der Waals surface area contributed by atoms with E-state index in [-0.39, 0.29) is 12.0 Å². The Hall–Kier alpha value is -3.42. The van der Waals surface area contributed by atoms with Gasteiger partial charge in [0.05, 0.1) is 29.9 Å². The molecule has 1 amide bonds. The van der Waals surface area contributed by atoms with Gasteiger partial charge in [-0.25, -0.2) is 14.5 Å². The van der Waals surface area contributed by atoms with Gasteiger partial charge in [-0.2, -0.15) is 5.10 Å². The minimum absolute atomic E-state index is 0.0850. The number of methoxy groups -OCH3 is 1. The summed E-state index contributed by atoms with van der Waals surface area (Å²) in [5, 5.41) is 7.71. The molecule has 31 heavy (non-hydrogen) atoms. The third kappa shape index (κ3) is 4.68. The standard InChI is InChI=1S/C23H28N4O4/c1-13(2)19-11-16(17-12-24-27(14(3)4)21(17)25-19)23(29)31-15(5)22(28)26-18-9-7-8-10-20(18)30-6/h7-15H,1-6H3,(H,26,28)/t15-/m1/s1. The number of aromatic nitrogens is 3. The van der Waals surface area contributed by atoms with Crippen molar-refractivity contribution in [2.75, 3.05) is 12.4 Å². The number of esters is 1. The van der Waals surface area contributed by atoms with E-state index in [0.29, 0.717) is 28.0 Å². The van der Waals surface area contributed by atoms with Gasteiger partial charge in [0.2, 0.25) is 0 Å². The van der Waals surface area contributed by atoms with Crippen LogP contribution in [0.4, 0.5) is 5.69 Å². The summed E-state index contributed by atoms with van der Waals surface area (Å²) in [5.74, 6) is -0.420. The van der Waals surface area contributed by atoms with Crippen LogP contribution in [0, 0.1) is 0 Å². The molecule has 8 heteroatoms. The lowest BCUT2D eigenvalue weighted by atomic mass is 10.1. The molecule has 2 aromatic heterocycles. The number of hydrogen-bond donors (Lipinski definition) is 1. The molecular formula is C23H28N4O4. The van der Waals surface area contributed by atoms with Gasteiger partial charge in [-0.15, -0.1) is 0 Å². The normalized spacial score (nSPS) is 12.3. The number of pyridine rings is 1. The topological polar surface area (TPSA) is 95.3 Å². The summed E-state index contributed by atoms with van der Waals surface area (Å²) in [5.41, 5.74) is 2.23. The van der Waals surface area contributed by atoms with Crippen LogP contribution in [-0.4, -0.2) is 39.9 Å². The number of carbonyl (C=O) groups excluding carboxylic acids is 2. The van der Waals surface area contributed by atoms with Crippen molar-refractivity contribution in [2.45, 2.75) is 52.7 Å². The number of benzene rings is 1. The van der Waals surface area contributed by atoms with E-state index in [1.807, 2.05) is 27.7 Å². The fraction of sp³-hybridized carbons (Fsp3) is 0.391. The number of nitrogens with one attached hydrogen (secondary N) is 1. The summed E-state index contributed by atoms with van der Waals surface area (Å²) >= 11 is 0. The lowest BCUT2D eigenvalue weighted by Crippen LogP contribution is -2.30. The van der Waals surface area contributed by atoms with Gasteiger partial charge in [0.25, 0.3) is 5.91 Å². The molecule has 0 fully saturated rings. The maximum Gasteiger partial charge on any atom is 0.339 e. The lowest BCUT2D eigenvalue weighted by molar-refractivity contribution is -0.123. The molecule has 0 saturated carbocycles. The van der Waals surface area contributed by atoms with E-state index in [0.717, 1.165) is 5.69 Å². The molecule has 0 saturated heterocycles. The number of fused-ring (bicyclic) bond motifs is 1. The molecule has 0 aliphatic heterocycles. The SMILES string of the molecule is COc1ccccc1NC(=O)[C@@H](C)OC(=O)c1cc(C(C)C)nc2c1cnn2C(C)C. The number of hydrogen-bond acceptors (Lipinski definition) is 6. The molecule has 1 aromatic carbocycles. The minimum atomic E-state index is -1.01. The zero-order valence-electron chi connectivity index (χ0n) is 18.7. The summed E-state index contributed by atoms with van der Waals surface area (Å²) in [4.78, 5) is 30.3. The Labute approximate surface area is 181 Å². The molecule has 0 unspecified atom stereocenters. The van der Waals surface area contributed by atoms with Gasteiger partial charge in [0, 0.05) is 11.7 Å². The average molecular weight is 425 g/mol. The quantitative estimate of drug-likeness (QED) is 0.567. The van der Waals surface area contributed by atoms with Gasteiger partial charge in [-0.1, -0.05) is 26.0 Å². The summed E-state index contributed by atoms with van der Waals surface area (Å²) < 4.78 is 12.5. The number of amides is 1. The van der Waals surface area contributed by atoms with Crippen LogP contribution in [0.1, 0.15) is 62.6 Å². The van der Waals surface area contributed by atoms with Gasteiger partial charge in [-0.05, 0) is 44.9 Å². The number of nitrogens with zero attached hydrogens (tertiary/aromatic N) is 3. The highest BCUT2D eigenvalue weighted by molar-refractivity contribution is 6.04. The van der Waals surface area contributed by atoms with E-state index in [9.17, 15) is 9.59 Å². The van der Waals surface area contributed by atoms with Gasteiger partial charge in [-0.3, -0.25) is 4.79 Å². The Morgan fingerprint density at radius 3 is 2.45 bits per heavy atom. The minimum Gasteiger partial charge on any atom is -0.495 e. The van der Waals surface area contributed by atoms with Crippen molar-refractivity contribution in [2.24, 2.45) is 0 Å². The Balaban J connectivity index is 1.86. The van der Waals surface area contributed by atoms with Gasteiger partial charge in [0.1, 0.15) is 5.75 Å². The average Bonchev–Trinajstić information content (AvgIpc) is 3.17. The number of para-hydroxylation sites is 2. The van der Waals surface area contributed by atoms with Crippen LogP contribution in [-0.2, 0) is 9.53 Å². The highest BCUT2D eigenvalue weighted by atomic mass is 16.5. The van der Waals surface area contributed by atoms with Gasteiger partial charge >= 0.3 is 5.97 Å². The van der Waals surface area contributed by atoms with E-state index in [2.05, 4.69) is 15.4 Å². The van der Waals surface area contributed by atoms with Crippen LogP contribution in [0.3, 0.4) is 0 Å². The monoisotopic (exact) mass is 424 g/mol. The zero-order valence-corrected chi connectivity index (χ0v) is 18.7. The fourth-order valence-electron chi connectivity index (χ4n) is 3.14. The number of anilines is 1. The molecule has 0 radical (unpaired) electrons. The maximum atomic E-state index is 13.0. The van der Waals surface area contributed by atoms with Crippen LogP contribution in [0.25, 0.3) is 11.0 Å². The van der Waals surface area contributed by atoms with Crippen molar-refractivity contribution >= 4 is 28.6 Å². The molecule has 2 heterocycles. The smallest absolute Gasteiger partial charge is 0.339 e. The van der Waals surface area contributed by atoms with Crippen molar-refractivity contribution in [3.05, 3.63) is 47.8 Å². The molecule has 1 N–H and O–H groups in total. The third-order valence-corrected chi connectivity index (χ3v) is 4.91. The predicted octanol–water partition coefficient (Wildman–Crippen LogP) is 4.33. The molecular weight excluding hydrogens is 396 g/mol. The second-order valence-corrected chi connectivity index (χ2v) is 7.91. The van der Waals surface area contributed by atoms with Gasteiger partial charge in [0.15, 0.2) is 11.8 Å². The van der Waals surface area contributed by atoms with Crippen molar-refractivity contribution in [3.63, 3.8) is 0 Å². The second-order valence-electron chi connectivity index (χ2n) is 7.91. The molecule has 0 spiro atoms. The summed E-state index contributed by atoms with van der Waals surface area (Å²) in [7, 11) is 1.52. The lowest BCUT2D eigenvalue weighted by Gasteiger charge is -2.16. The van der Waals surface area contributed by atoms with Crippen LogP contribution < -0.4 is 10.1 Å². The molecule has 8 nitrogen and oxygen atoms in total. The van der Waals surface area contributed by atoms with Gasteiger partial charge < -0.3 is 14.8 Å². The van der Waals surface area contributed by atoms with Crippen LogP contribution in [0.2, 0.25) is 0 Å². The van der Waals surface area contributed by atoms with Crippen molar-refractivity contribution in [1.82, 2.24) is 14.8 Å². The number of ether oxygens (including phenoxy) is 2. The first kappa shape index (κ1) is 22.3. The molecule has 164 valence electrons. The molecule has 0 aliphatic rings. The summed E-state index contributed by atoms with van der Waals surface area (Å²) in [6.45, 7) is 9.53. The molecule has 0 aliphatic carbocycles. The molecule has 1 atom stereocenters. The third-order valence-electron chi connectivity index (χ3n) is 4.91. The molecule has 0 bridgehead atoms. The first-order valence-electron chi connectivity index (χ1n) is 10.3. The maximum absolute atomic E-state index is 13.0. The summed E-state index contributed by atoms with van der Waals surface area (Å²) in [6.07, 6.45) is 0.603. The Morgan fingerprint density at radius 2 is 1.81 bits per heavy atom. The Bertz CT molecular complexity index is 1100. The van der Waals surface area contributed by atoms with E-state index < -0.39 is 18.0 Å². The van der Waals surface area contributed by atoms with Crippen LogP contribution >= 0.6 is 0 Å². The molecule has 3 rings (SSSR count). The predicted molar refractivity (Wildman–Crippen MR) is 119 cm³/mol. The number of rotatable bonds is 7. The van der Waals surface area contributed by atoms with Crippen molar-refractivity contribution < 1.29 is 19.1 Å². The van der Waals surface area contributed by atoms with E-state index >= 15 is 0 Å².